The van der Waals surface area contributed by atoms with Crippen molar-refractivity contribution in [3.8, 4) is 0 Å². The van der Waals surface area contributed by atoms with E-state index < -0.39 is 22.8 Å². The molecule has 31 heavy (non-hydrogen) atoms. The molecule has 0 radical (unpaired) electrons. The fourth-order valence-electron chi connectivity index (χ4n) is 6.50. The number of hydrogen-bond donors (Lipinski definition) is 2. The molecule has 9 atom stereocenters. The Morgan fingerprint density at radius 2 is 1.90 bits per heavy atom. The molecule has 0 bridgehead atoms. The monoisotopic (exact) mass is 428 g/mol. The van der Waals surface area contributed by atoms with Crippen LogP contribution in [0.1, 0.15) is 53.9 Å². The number of hydrogen-bond acceptors (Lipinski definition) is 4. The summed E-state index contributed by atoms with van der Waals surface area (Å²) in [7, 11) is 0. The summed E-state index contributed by atoms with van der Waals surface area (Å²) >= 11 is 0. The third-order valence-corrected chi connectivity index (χ3v) is 8.46. The molecule has 0 aromatic carbocycles. The molecule has 2 aliphatic heterocycles. The van der Waals surface area contributed by atoms with E-state index >= 15 is 0 Å². The van der Waals surface area contributed by atoms with Gasteiger partial charge in [-0.1, -0.05) is 62.3 Å². The summed E-state index contributed by atoms with van der Waals surface area (Å²) in [5.74, 6) is -0.0379. The van der Waals surface area contributed by atoms with E-state index in [-0.39, 0.29) is 24.0 Å². The molecule has 0 aromatic heterocycles. The second kappa shape index (κ2) is 7.72. The Labute approximate surface area is 185 Å². The second-order valence-corrected chi connectivity index (χ2v) is 10.3. The number of aliphatic hydroxyl groups is 1. The SMILES string of the molecule is CC[C@@H](C)[C@H]1O[C@]1(C)[C@@]1(O)[C@@H](/C=C/C=C/C=C/C(=O)O)[C@@H]2CC=C(C)C[C@H]2[C@H]2O[C@]21C. The summed E-state index contributed by atoms with van der Waals surface area (Å²) in [6, 6.07) is 0. The van der Waals surface area contributed by atoms with Gasteiger partial charge in [0.05, 0.1) is 12.2 Å². The maximum atomic E-state index is 12.5. The van der Waals surface area contributed by atoms with Crippen LogP contribution in [0.2, 0.25) is 0 Å². The fourth-order valence-corrected chi connectivity index (χ4v) is 6.50. The molecule has 0 aromatic rings. The molecule has 0 spiro atoms. The number of ether oxygens (including phenoxy) is 2. The average Bonchev–Trinajstić information content (AvgIpc) is 3.61. The predicted molar refractivity (Wildman–Crippen MR) is 119 cm³/mol. The molecule has 4 aliphatic rings. The number of carboxylic acid groups (broad SMARTS) is 1. The lowest BCUT2D eigenvalue weighted by Crippen LogP contribution is -2.66. The van der Waals surface area contributed by atoms with Crippen molar-refractivity contribution < 1.29 is 24.5 Å². The van der Waals surface area contributed by atoms with E-state index in [1.165, 1.54) is 11.6 Å². The highest BCUT2D eigenvalue weighted by molar-refractivity contribution is 5.80. The van der Waals surface area contributed by atoms with Gasteiger partial charge in [0.2, 0.25) is 0 Å². The summed E-state index contributed by atoms with van der Waals surface area (Å²) < 4.78 is 12.6. The second-order valence-electron chi connectivity index (χ2n) is 10.3. The molecule has 2 heterocycles. The van der Waals surface area contributed by atoms with Crippen LogP contribution in [0.25, 0.3) is 0 Å². The first kappa shape index (κ1) is 22.5. The molecule has 3 fully saturated rings. The zero-order chi connectivity index (χ0) is 22.6. The van der Waals surface area contributed by atoms with Gasteiger partial charge in [0.15, 0.2) is 0 Å². The van der Waals surface area contributed by atoms with Crippen LogP contribution in [-0.2, 0) is 14.3 Å². The Hall–Kier alpha value is -1.69. The number of carbonyl (C=O) groups is 1. The smallest absolute Gasteiger partial charge is 0.328 e. The Balaban J connectivity index is 1.69. The van der Waals surface area contributed by atoms with E-state index in [0.717, 1.165) is 25.3 Å². The molecule has 0 amide bonds. The van der Waals surface area contributed by atoms with Crippen LogP contribution >= 0.6 is 0 Å². The van der Waals surface area contributed by atoms with Crippen LogP contribution in [0, 0.1) is 23.7 Å². The fraction of sp³-hybridized carbons (Fsp3) is 0.654. The van der Waals surface area contributed by atoms with Gasteiger partial charge < -0.3 is 19.7 Å². The molecule has 5 heteroatoms. The van der Waals surface area contributed by atoms with Crippen LogP contribution in [0.3, 0.4) is 0 Å². The van der Waals surface area contributed by atoms with Gasteiger partial charge >= 0.3 is 5.97 Å². The van der Waals surface area contributed by atoms with Crippen molar-refractivity contribution in [1.29, 1.82) is 0 Å². The van der Waals surface area contributed by atoms with Crippen molar-refractivity contribution in [3.63, 3.8) is 0 Å². The number of allylic oxidation sites excluding steroid dienone is 6. The Kier molecular flexibility index (Phi) is 5.60. The lowest BCUT2D eigenvalue weighted by Gasteiger charge is -2.51. The third kappa shape index (κ3) is 3.37. The van der Waals surface area contributed by atoms with Gasteiger partial charge in [-0.3, -0.25) is 0 Å². The summed E-state index contributed by atoms with van der Waals surface area (Å²) in [5, 5.41) is 21.2. The highest BCUT2D eigenvalue weighted by Gasteiger charge is 2.84. The topological polar surface area (TPSA) is 82.6 Å². The van der Waals surface area contributed by atoms with Crippen molar-refractivity contribution in [2.45, 2.75) is 82.9 Å². The van der Waals surface area contributed by atoms with Gasteiger partial charge in [0.1, 0.15) is 16.8 Å². The maximum absolute atomic E-state index is 12.5. The van der Waals surface area contributed by atoms with E-state index in [1.54, 1.807) is 6.08 Å². The van der Waals surface area contributed by atoms with Crippen molar-refractivity contribution >= 4 is 5.97 Å². The molecule has 2 N–H and O–H groups in total. The molecule has 2 saturated heterocycles. The van der Waals surface area contributed by atoms with E-state index in [4.69, 9.17) is 14.6 Å². The standard InChI is InChI=1S/C26H36O5/c1-6-17(3)22-24(4,30-22)26(29)20(11-9-7-8-10-12-21(27)28)18-14-13-16(2)15-19(18)23-25(26,5)31-23/h7-13,17-20,22-23,29H,6,14-15H2,1-5H3,(H,27,28)/b8-7+,11-9+,12-10+/t17-,18-,19-,20+,22-,23-,24+,25-,26+/m1/s1. The molecular formula is C26H36O5. The summed E-state index contributed by atoms with van der Waals surface area (Å²) in [6.45, 7) is 10.7. The van der Waals surface area contributed by atoms with Crippen LogP contribution < -0.4 is 0 Å². The highest BCUT2D eigenvalue weighted by atomic mass is 16.7. The van der Waals surface area contributed by atoms with Gasteiger partial charge in [-0.2, -0.15) is 0 Å². The number of fused-ring (bicyclic) bond motifs is 3. The highest BCUT2D eigenvalue weighted by Crippen LogP contribution is 2.70. The lowest BCUT2D eigenvalue weighted by atomic mass is 9.52. The molecule has 1 saturated carbocycles. The quantitative estimate of drug-likeness (QED) is 0.271. The molecule has 4 rings (SSSR count). The minimum absolute atomic E-state index is 0.0199. The molecule has 2 aliphatic carbocycles. The van der Waals surface area contributed by atoms with Crippen LogP contribution in [-0.4, -0.2) is 45.2 Å². The summed E-state index contributed by atoms with van der Waals surface area (Å²) in [4.78, 5) is 10.6. The maximum Gasteiger partial charge on any atom is 0.328 e. The lowest BCUT2D eigenvalue weighted by molar-refractivity contribution is -0.143. The van der Waals surface area contributed by atoms with Crippen LogP contribution in [0.15, 0.2) is 48.1 Å². The number of carboxylic acids is 1. The Bertz CT molecular complexity index is 856. The zero-order valence-corrected chi connectivity index (χ0v) is 19.2. The van der Waals surface area contributed by atoms with Gasteiger partial charge in [-0.15, -0.1) is 0 Å². The normalized spacial score (nSPS) is 47.3. The minimum Gasteiger partial charge on any atom is -0.478 e. The molecular weight excluding hydrogens is 392 g/mol. The Morgan fingerprint density at radius 1 is 1.19 bits per heavy atom. The van der Waals surface area contributed by atoms with Gasteiger partial charge in [0, 0.05) is 12.0 Å². The van der Waals surface area contributed by atoms with Crippen LogP contribution in [0.5, 0.6) is 0 Å². The molecule has 0 unspecified atom stereocenters. The first-order valence-electron chi connectivity index (χ1n) is 11.6. The third-order valence-electron chi connectivity index (χ3n) is 8.46. The van der Waals surface area contributed by atoms with Gasteiger partial charge in [-0.25, -0.2) is 4.79 Å². The zero-order valence-electron chi connectivity index (χ0n) is 19.2. The average molecular weight is 429 g/mol. The number of rotatable bonds is 7. The van der Waals surface area contributed by atoms with Gasteiger partial charge in [-0.05, 0) is 51.4 Å². The number of epoxide rings is 2. The first-order valence-corrected chi connectivity index (χ1v) is 11.6. The predicted octanol–water partition coefficient (Wildman–Crippen LogP) is 4.43. The molecule has 170 valence electrons. The van der Waals surface area contributed by atoms with Crippen molar-refractivity contribution in [2.75, 3.05) is 0 Å². The minimum atomic E-state index is -1.12. The van der Waals surface area contributed by atoms with Gasteiger partial charge in [0.25, 0.3) is 0 Å². The van der Waals surface area contributed by atoms with E-state index in [0.29, 0.717) is 11.8 Å². The van der Waals surface area contributed by atoms with Crippen molar-refractivity contribution in [3.05, 3.63) is 48.1 Å². The largest absolute Gasteiger partial charge is 0.478 e. The van der Waals surface area contributed by atoms with E-state index in [2.05, 4.69) is 46.8 Å². The molecule has 5 nitrogen and oxygen atoms in total. The van der Waals surface area contributed by atoms with Crippen molar-refractivity contribution in [1.82, 2.24) is 0 Å². The summed E-state index contributed by atoms with van der Waals surface area (Å²) in [5.41, 5.74) is -0.989. The van der Waals surface area contributed by atoms with Crippen LogP contribution in [0.4, 0.5) is 0 Å². The Morgan fingerprint density at radius 3 is 2.58 bits per heavy atom. The van der Waals surface area contributed by atoms with E-state index in [1.807, 2.05) is 12.2 Å². The number of aliphatic carboxylic acids is 1. The summed E-state index contributed by atoms with van der Waals surface area (Å²) in [6.07, 6.45) is 15.5. The van der Waals surface area contributed by atoms with E-state index in [9.17, 15) is 9.90 Å². The van der Waals surface area contributed by atoms with Crippen molar-refractivity contribution in [2.24, 2.45) is 23.7 Å². The first-order chi connectivity index (χ1) is 14.6.